The summed E-state index contributed by atoms with van der Waals surface area (Å²) in [6.07, 6.45) is 3.66. The molecule has 1 saturated heterocycles. The summed E-state index contributed by atoms with van der Waals surface area (Å²) in [7, 11) is 2.09. The first kappa shape index (κ1) is 17.0. The van der Waals surface area contributed by atoms with Gasteiger partial charge < -0.3 is 14.7 Å². The molecule has 3 heterocycles. The number of fused-ring (bicyclic) bond motifs is 1. The summed E-state index contributed by atoms with van der Waals surface area (Å²) in [6, 6.07) is 10.4. The number of nitrogens with zero attached hydrogens (tertiary/aromatic N) is 5. The minimum atomic E-state index is -0.00126. The number of carbonyl (C=O) groups excluding carboxylic acids is 1. The van der Waals surface area contributed by atoms with Gasteiger partial charge in [-0.1, -0.05) is 30.3 Å². The molecule has 2 aliphatic rings. The maximum Gasteiger partial charge on any atom is 0.274 e. The van der Waals surface area contributed by atoms with E-state index < -0.39 is 0 Å². The molecule has 1 fully saturated rings. The maximum absolute atomic E-state index is 12.8. The van der Waals surface area contributed by atoms with Gasteiger partial charge in [-0.3, -0.25) is 9.78 Å². The molecule has 6 nitrogen and oxygen atoms in total. The average molecular weight is 351 g/mol. The van der Waals surface area contributed by atoms with Crippen molar-refractivity contribution in [2.45, 2.75) is 19.4 Å². The molecule has 0 radical (unpaired) electrons. The van der Waals surface area contributed by atoms with E-state index in [0.717, 1.165) is 63.6 Å². The lowest BCUT2D eigenvalue weighted by molar-refractivity contribution is 0.0657. The molecular formula is C20H25N5O. The second-order valence-electron chi connectivity index (χ2n) is 7.13. The summed E-state index contributed by atoms with van der Waals surface area (Å²) in [5.41, 5.74) is 2.72. The third-order valence-electron chi connectivity index (χ3n) is 5.19. The van der Waals surface area contributed by atoms with Gasteiger partial charge in [-0.25, -0.2) is 4.98 Å². The van der Waals surface area contributed by atoms with E-state index in [9.17, 15) is 4.79 Å². The lowest BCUT2D eigenvalue weighted by atomic mass is 10.1. The van der Waals surface area contributed by atoms with Gasteiger partial charge >= 0.3 is 0 Å². The minimum absolute atomic E-state index is 0.00126. The van der Waals surface area contributed by atoms with Crippen molar-refractivity contribution in [3.8, 4) is 0 Å². The number of likely N-dealkylation sites (N-methyl/N-ethyl adjacent to an activating group) is 1. The molecule has 0 N–H and O–H groups in total. The van der Waals surface area contributed by atoms with Crippen LogP contribution >= 0.6 is 0 Å². The predicted molar refractivity (Wildman–Crippen MR) is 101 cm³/mol. The van der Waals surface area contributed by atoms with Crippen LogP contribution in [0.4, 0.5) is 5.82 Å². The molecule has 26 heavy (non-hydrogen) atoms. The van der Waals surface area contributed by atoms with Crippen molar-refractivity contribution in [2.24, 2.45) is 0 Å². The van der Waals surface area contributed by atoms with Gasteiger partial charge in [0.15, 0.2) is 5.82 Å². The lowest BCUT2D eigenvalue weighted by Gasteiger charge is -2.33. The first-order valence-corrected chi connectivity index (χ1v) is 9.33. The first-order valence-electron chi connectivity index (χ1n) is 9.33. The van der Waals surface area contributed by atoms with E-state index in [1.165, 1.54) is 5.56 Å². The molecule has 0 spiro atoms. The van der Waals surface area contributed by atoms with Crippen molar-refractivity contribution in [1.29, 1.82) is 0 Å². The fraction of sp³-hybridized carbons (Fsp3) is 0.450. The van der Waals surface area contributed by atoms with E-state index in [4.69, 9.17) is 4.98 Å². The predicted octanol–water partition coefficient (Wildman–Crippen LogP) is 1.82. The molecule has 4 rings (SSSR count). The zero-order chi connectivity index (χ0) is 17.9. The number of hydrogen-bond acceptors (Lipinski definition) is 5. The van der Waals surface area contributed by atoms with Crippen LogP contribution in [0.15, 0.2) is 36.5 Å². The second-order valence-corrected chi connectivity index (χ2v) is 7.13. The first-order chi connectivity index (χ1) is 12.7. The molecule has 2 aliphatic heterocycles. The quantitative estimate of drug-likeness (QED) is 0.844. The molecule has 6 heteroatoms. The van der Waals surface area contributed by atoms with Crippen LogP contribution in [0.5, 0.6) is 0 Å². The summed E-state index contributed by atoms with van der Waals surface area (Å²) in [6.45, 7) is 5.07. The van der Waals surface area contributed by atoms with Crippen LogP contribution in [-0.4, -0.2) is 65.4 Å². The summed E-state index contributed by atoms with van der Waals surface area (Å²) in [5.74, 6) is 0.874. The van der Waals surface area contributed by atoms with Gasteiger partial charge in [0.1, 0.15) is 5.69 Å². The van der Waals surface area contributed by atoms with E-state index in [0.29, 0.717) is 5.69 Å². The third kappa shape index (κ3) is 3.55. The van der Waals surface area contributed by atoms with Crippen molar-refractivity contribution >= 4 is 11.7 Å². The monoisotopic (exact) mass is 351 g/mol. The highest BCUT2D eigenvalue weighted by molar-refractivity contribution is 5.92. The number of anilines is 1. The van der Waals surface area contributed by atoms with Crippen LogP contribution < -0.4 is 4.90 Å². The smallest absolute Gasteiger partial charge is 0.274 e. The van der Waals surface area contributed by atoms with Crippen LogP contribution in [0.1, 0.15) is 28.2 Å². The van der Waals surface area contributed by atoms with Crippen LogP contribution in [0.3, 0.4) is 0 Å². The van der Waals surface area contributed by atoms with Crippen LogP contribution in [0.25, 0.3) is 0 Å². The Morgan fingerprint density at radius 3 is 2.62 bits per heavy atom. The number of hydrogen-bond donors (Lipinski definition) is 0. The second kappa shape index (κ2) is 7.41. The number of aromatic nitrogens is 2. The molecule has 1 amide bonds. The van der Waals surface area contributed by atoms with Gasteiger partial charge in [0.05, 0.1) is 11.9 Å². The lowest BCUT2D eigenvalue weighted by Crippen LogP contribution is -2.47. The number of piperazine rings is 1. The van der Waals surface area contributed by atoms with Crippen molar-refractivity contribution in [1.82, 2.24) is 19.8 Å². The van der Waals surface area contributed by atoms with Gasteiger partial charge in [0, 0.05) is 39.3 Å². The van der Waals surface area contributed by atoms with Crippen LogP contribution in [-0.2, 0) is 13.0 Å². The van der Waals surface area contributed by atoms with Gasteiger partial charge in [-0.15, -0.1) is 0 Å². The Bertz CT molecular complexity index is 771. The van der Waals surface area contributed by atoms with Gasteiger partial charge in [0.2, 0.25) is 0 Å². The zero-order valence-corrected chi connectivity index (χ0v) is 15.3. The fourth-order valence-electron chi connectivity index (χ4n) is 3.61. The number of carbonyl (C=O) groups is 1. The molecule has 0 saturated carbocycles. The largest absolute Gasteiger partial charge is 0.351 e. The van der Waals surface area contributed by atoms with E-state index in [2.05, 4.69) is 46.1 Å². The highest BCUT2D eigenvalue weighted by atomic mass is 16.2. The summed E-state index contributed by atoms with van der Waals surface area (Å²) < 4.78 is 0. The van der Waals surface area contributed by atoms with E-state index in [1.807, 2.05) is 11.0 Å². The zero-order valence-electron chi connectivity index (χ0n) is 15.3. The topological polar surface area (TPSA) is 52.6 Å². The van der Waals surface area contributed by atoms with Gasteiger partial charge in [-0.2, -0.15) is 0 Å². The van der Waals surface area contributed by atoms with Crippen LogP contribution in [0, 0.1) is 0 Å². The van der Waals surface area contributed by atoms with Crippen molar-refractivity contribution in [3.63, 3.8) is 0 Å². The van der Waals surface area contributed by atoms with E-state index >= 15 is 0 Å². The molecule has 0 bridgehead atoms. The molecule has 0 unspecified atom stereocenters. The molecule has 1 aromatic carbocycles. The Kier molecular flexibility index (Phi) is 4.84. The summed E-state index contributed by atoms with van der Waals surface area (Å²) >= 11 is 0. The minimum Gasteiger partial charge on any atom is -0.351 e. The van der Waals surface area contributed by atoms with Gasteiger partial charge in [0.25, 0.3) is 5.91 Å². The highest BCUT2D eigenvalue weighted by Crippen LogP contribution is 2.25. The molecule has 0 aliphatic carbocycles. The molecule has 136 valence electrons. The average Bonchev–Trinajstić information content (AvgIpc) is 2.69. The van der Waals surface area contributed by atoms with E-state index in [-0.39, 0.29) is 5.91 Å². The van der Waals surface area contributed by atoms with Crippen LogP contribution in [0.2, 0.25) is 0 Å². The number of rotatable bonds is 3. The van der Waals surface area contributed by atoms with Gasteiger partial charge in [-0.05, 0) is 25.5 Å². The highest BCUT2D eigenvalue weighted by Gasteiger charge is 2.25. The molecule has 1 aromatic heterocycles. The fourth-order valence-corrected chi connectivity index (χ4v) is 3.61. The standard InChI is InChI=1S/C20H25N5O/c1-23-10-12-24(13-11-23)20(26)18-14-21-17-8-5-9-25(19(17)22-18)15-16-6-3-2-4-7-16/h2-4,6-7,14H,5,8-13,15H2,1H3. The number of aryl methyl sites for hydroxylation is 1. The van der Waals surface area contributed by atoms with E-state index in [1.54, 1.807) is 6.20 Å². The Morgan fingerprint density at radius 1 is 1.08 bits per heavy atom. The number of amides is 1. The maximum atomic E-state index is 12.8. The Labute approximate surface area is 154 Å². The van der Waals surface area contributed by atoms with Crippen molar-refractivity contribution in [2.75, 3.05) is 44.7 Å². The number of benzene rings is 1. The Balaban J connectivity index is 1.56. The SMILES string of the molecule is CN1CCN(C(=O)c2cnc3c(n2)N(Cc2ccccc2)CCC3)CC1. The Morgan fingerprint density at radius 2 is 1.85 bits per heavy atom. The molecular weight excluding hydrogens is 326 g/mol. The van der Waals surface area contributed by atoms with Crippen molar-refractivity contribution < 1.29 is 4.79 Å². The Hall–Kier alpha value is -2.47. The molecule has 0 atom stereocenters. The summed E-state index contributed by atoms with van der Waals surface area (Å²) in [5, 5.41) is 0. The molecule has 2 aromatic rings. The summed E-state index contributed by atoms with van der Waals surface area (Å²) in [4.78, 5) is 28.5. The third-order valence-corrected chi connectivity index (χ3v) is 5.19. The van der Waals surface area contributed by atoms with Crippen molar-refractivity contribution in [3.05, 3.63) is 53.5 Å². The normalized spacial score (nSPS) is 17.9.